The van der Waals surface area contributed by atoms with Crippen LogP contribution in [0.3, 0.4) is 0 Å². The van der Waals surface area contributed by atoms with E-state index in [4.69, 9.17) is 14.3 Å². The predicted molar refractivity (Wildman–Crippen MR) is 121 cm³/mol. The molecule has 0 N–H and O–H groups in total. The molecule has 0 aliphatic rings. The Kier molecular flexibility index (Phi) is 7.12. The van der Waals surface area contributed by atoms with Crippen molar-refractivity contribution in [1.82, 2.24) is 0 Å². The Morgan fingerprint density at radius 2 is 1.50 bits per heavy atom. The largest absolute Gasteiger partial charge is 0.493 e. The first-order chi connectivity index (χ1) is 14.5. The van der Waals surface area contributed by atoms with E-state index in [2.05, 4.69) is 50.2 Å². The topological polar surface area (TPSA) is 40.0 Å². The van der Waals surface area contributed by atoms with Crippen molar-refractivity contribution in [1.29, 1.82) is 0 Å². The molecule has 0 saturated heterocycles. The Balaban J connectivity index is 1.58. The maximum atomic E-state index is 5.94. The van der Waals surface area contributed by atoms with E-state index in [-0.39, 0.29) is 5.41 Å². The SMILES string of the molecule is COc1ccc(/C=N\OCc2ccc(C(C)(C)C)cc2)cc1OCc1ccccc1. The summed E-state index contributed by atoms with van der Waals surface area (Å²) in [6.07, 6.45) is 1.68. The Hall–Kier alpha value is -3.27. The van der Waals surface area contributed by atoms with Gasteiger partial charge in [0.25, 0.3) is 0 Å². The molecule has 0 bridgehead atoms. The number of hydrogen-bond acceptors (Lipinski definition) is 4. The third-order valence-electron chi connectivity index (χ3n) is 4.75. The lowest BCUT2D eigenvalue weighted by atomic mass is 9.87. The second kappa shape index (κ2) is 9.97. The van der Waals surface area contributed by atoms with Gasteiger partial charge in [0.1, 0.15) is 13.2 Å². The van der Waals surface area contributed by atoms with Gasteiger partial charge in [-0.1, -0.05) is 80.5 Å². The summed E-state index contributed by atoms with van der Waals surface area (Å²) >= 11 is 0. The molecule has 3 aromatic carbocycles. The van der Waals surface area contributed by atoms with Crippen LogP contribution >= 0.6 is 0 Å². The van der Waals surface area contributed by atoms with Gasteiger partial charge in [-0.25, -0.2) is 0 Å². The number of oxime groups is 1. The fraction of sp³-hybridized carbons (Fsp3) is 0.269. The summed E-state index contributed by atoms with van der Waals surface area (Å²) in [4.78, 5) is 5.47. The second-order valence-electron chi connectivity index (χ2n) is 8.14. The van der Waals surface area contributed by atoms with E-state index < -0.39 is 0 Å². The van der Waals surface area contributed by atoms with Crippen molar-refractivity contribution in [3.8, 4) is 11.5 Å². The highest BCUT2D eigenvalue weighted by molar-refractivity contribution is 5.80. The van der Waals surface area contributed by atoms with Crippen LogP contribution in [0.2, 0.25) is 0 Å². The summed E-state index contributed by atoms with van der Waals surface area (Å²) in [6.45, 7) is 7.51. The van der Waals surface area contributed by atoms with E-state index in [1.54, 1.807) is 13.3 Å². The van der Waals surface area contributed by atoms with Crippen molar-refractivity contribution in [2.75, 3.05) is 7.11 Å². The molecule has 4 heteroatoms. The Labute approximate surface area is 179 Å². The van der Waals surface area contributed by atoms with Crippen LogP contribution in [0.15, 0.2) is 78.0 Å². The fourth-order valence-corrected chi connectivity index (χ4v) is 2.93. The maximum Gasteiger partial charge on any atom is 0.162 e. The smallest absolute Gasteiger partial charge is 0.162 e. The van der Waals surface area contributed by atoms with Gasteiger partial charge in [0.15, 0.2) is 11.5 Å². The van der Waals surface area contributed by atoms with Crippen molar-refractivity contribution in [2.45, 2.75) is 39.4 Å². The molecular formula is C26H29NO3. The molecule has 3 rings (SSSR count). The van der Waals surface area contributed by atoms with Gasteiger partial charge in [-0.15, -0.1) is 0 Å². The predicted octanol–water partition coefficient (Wildman–Crippen LogP) is 6.12. The zero-order chi connectivity index (χ0) is 21.4. The molecule has 30 heavy (non-hydrogen) atoms. The number of rotatable bonds is 8. The van der Waals surface area contributed by atoms with Crippen LogP contribution in [-0.4, -0.2) is 13.3 Å². The van der Waals surface area contributed by atoms with Crippen LogP contribution in [0.1, 0.15) is 43.0 Å². The van der Waals surface area contributed by atoms with Gasteiger partial charge >= 0.3 is 0 Å². The van der Waals surface area contributed by atoms with E-state index in [1.165, 1.54) is 5.56 Å². The van der Waals surface area contributed by atoms with Crippen LogP contribution in [0.25, 0.3) is 0 Å². The molecule has 0 atom stereocenters. The zero-order valence-electron chi connectivity index (χ0n) is 18.1. The van der Waals surface area contributed by atoms with Crippen molar-refractivity contribution >= 4 is 6.21 Å². The average Bonchev–Trinajstić information content (AvgIpc) is 2.76. The van der Waals surface area contributed by atoms with Crippen molar-refractivity contribution in [3.05, 3.63) is 95.1 Å². The fourth-order valence-electron chi connectivity index (χ4n) is 2.93. The second-order valence-corrected chi connectivity index (χ2v) is 8.14. The van der Waals surface area contributed by atoms with E-state index in [1.807, 2.05) is 48.5 Å². The lowest BCUT2D eigenvalue weighted by Gasteiger charge is -2.18. The van der Waals surface area contributed by atoms with Crippen molar-refractivity contribution in [2.24, 2.45) is 5.16 Å². The molecule has 0 heterocycles. The third kappa shape index (κ3) is 6.11. The lowest BCUT2D eigenvalue weighted by molar-refractivity contribution is 0.132. The molecule has 156 valence electrons. The molecule has 0 radical (unpaired) electrons. The molecule has 0 aliphatic carbocycles. The quantitative estimate of drug-likeness (QED) is 0.336. The van der Waals surface area contributed by atoms with Crippen LogP contribution in [0.5, 0.6) is 11.5 Å². The minimum atomic E-state index is 0.145. The summed E-state index contributed by atoms with van der Waals surface area (Å²) in [7, 11) is 1.63. The summed E-state index contributed by atoms with van der Waals surface area (Å²) in [6, 6.07) is 24.2. The standard InChI is InChI=1S/C26H29NO3/c1-26(2,3)23-13-10-21(11-14-23)19-30-27-17-22-12-15-24(28-4)25(16-22)29-18-20-8-6-5-7-9-20/h5-17H,18-19H2,1-4H3/b27-17-. The van der Waals surface area contributed by atoms with Gasteiger partial charge in [0.05, 0.1) is 13.3 Å². The molecule has 0 spiro atoms. The van der Waals surface area contributed by atoms with Crippen LogP contribution in [0, 0.1) is 0 Å². The number of benzene rings is 3. The minimum Gasteiger partial charge on any atom is -0.493 e. The Morgan fingerprint density at radius 1 is 0.800 bits per heavy atom. The van der Waals surface area contributed by atoms with E-state index in [0.29, 0.717) is 24.7 Å². The first-order valence-corrected chi connectivity index (χ1v) is 10.1. The van der Waals surface area contributed by atoms with Crippen molar-refractivity contribution < 1.29 is 14.3 Å². The maximum absolute atomic E-state index is 5.94. The van der Waals surface area contributed by atoms with Gasteiger partial charge < -0.3 is 14.3 Å². The molecule has 0 fully saturated rings. The van der Waals surface area contributed by atoms with E-state index in [9.17, 15) is 0 Å². The van der Waals surface area contributed by atoms with Gasteiger partial charge in [0.2, 0.25) is 0 Å². The number of hydrogen-bond donors (Lipinski definition) is 0. The molecular weight excluding hydrogens is 374 g/mol. The Morgan fingerprint density at radius 3 is 2.17 bits per heavy atom. The monoisotopic (exact) mass is 403 g/mol. The summed E-state index contributed by atoms with van der Waals surface area (Å²) in [5.41, 5.74) is 4.51. The first-order valence-electron chi connectivity index (χ1n) is 10.1. The normalized spacial score (nSPS) is 11.5. The highest BCUT2D eigenvalue weighted by Gasteiger charge is 2.12. The van der Waals surface area contributed by atoms with Gasteiger partial charge in [-0.05, 0) is 40.3 Å². The van der Waals surface area contributed by atoms with Crippen LogP contribution in [0.4, 0.5) is 0 Å². The van der Waals surface area contributed by atoms with Gasteiger partial charge in [-0.2, -0.15) is 0 Å². The van der Waals surface area contributed by atoms with E-state index in [0.717, 1.165) is 16.7 Å². The third-order valence-corrected chi connectivity index (χ3v) is 4.75. The summed E-state index contributed by atoms with van der Waals surface area (Å²) < 4.78 is 11.3. The number of ether oxygens (including phenoxy) is 2. The summed E-state index contributed by atoms with van der Waals surface area (Å²) in [5, 5.41) is 4.10. The van der Waals surface area contributed by atoms with Gasteiger partial charge in [0, 0.05) is 5.56 Å². The van der Waals surface area contributed by atoms with Crippen molar-refractivity contribution in [3.63, 3.8) is 0 Å². The molecule has 4 nitrogen and oxygen atoms in total. The number of methoxy groups -OCH3 is 1. The molecule has 0 saturated carbocycles. The Bertz CT molecular complexity index is 958. The summed E-state index contributed by atoms with van der Waals surface area (Å²) in [5.74, 6) is 1.35. The molecule has 0 aliphatic heterocycles. The van der Waals surface area contributed by atoms with Gasteiger partial charge in [-0.3, -0.25) is 0 Å². The first kappa shape index (κ1) is 21.4. The van der Waals surface area contributed by atoms with Crippen LogP contribution < -0.4 is 9.47 Å². The highest BCUT2D eigenvalue weighted by Crippen LogP contribution is 2.28. The highest BCUT2D eigenvalue weighted by atomic mass is 16.6. The lowest BCUT2D eigenvalue weighted by Crippen LogP contribution is -2.10. The van der Waals surface area contributed by atoms with Crippen LogP contribution in [-0.2, 0) is 23.5 Å². The molecule has 0 aromatic heterocycles. The number of nitrogens with zero attached hydrogens (tertiary/aromatic N) is 1. The average molecular weight is 404 g/mol. The zero-order valence-corrected chi connectivity index (χ0v) is 18.1. The van der Waals surface area contributed by atoms with E-state index >= 15 is 0 Å². The molecule has 0 unspecified atom stereocenters. The molecule has 3 aromatic rings. The minimum absolute atomic E-state index is 0.145. The molecule has 0 amide bonds.